The zero-order valence-corrected chi connectivity index (χ0v) is 10.7. The second-order valence-electron chi connectivity index (χ2n) is 4.44. The minimum atomic E-state index is 0.156. The topological polar surface area (TPSA) is 37.0 Å². The van der Waals surface area contributed by atoms with Crippen LogP contribution in [0.1, 0.15) is 18.9 Å². The normalized spacial score (nSPS) is 24.9. The maximum absolute atomic E-state index is 6.08. The van der Waals surface area contributed by atoms with E-state index in [4.69, 9.17) is 23.2 Å². The van der Waals surface area contributed by atoms with E-state index in [0.717, 1.165) is 31.6 Å². The van der Waals surface area contributed by atoms with Gasteiger partial charge in [0.2, 0.25) is 0 Å². The average Bonchev–Trinajstić information content (AvgIpc) is 2.64. The predicted octanol–water partition coefficient (Wildman–Crippen LogP) is 2.23. The molecule has 1 aromatic heterocycles. The molecule has 0 aromatic carbocycles. The number of hydrogen-bond donors (Lipinski definition) is 2. The van der Waals surface area contributed by atoms with Crippen molar-refractivity contribution in [3.05, 3.63) is 28.0 Å². The molecule has 0 spiro atoms. The number of pyridine rings is 1. The van der Waals surface area contributed by atoms with Gasteiger partial charge in [0.1, 0.15) is 5.15 Å². The highest BCUT2D eigenvalue weighted by Crippen LogP contribution is 2.20. The van der Waals surface area contributed by atoms with E-state index in [1.54, 1.807) is 12.3 Å². The van der Waals surface area contributed by atoms with Crippen molar-refractivity contribution in [3.8, 4) is 0 Å². The van der Waals surface area contributed by atoms with Crippen molar-refractivity contribution in [2.24, 2.45) is 0 Å². The van der Waals surface area contributed by atoms with Gasteiger partial charge in [0.05, 0.1) is 0 Å². The van der Waals surface area contributed by atoms with E-state index >= 15 is 0 Å². The highest BCUT2D eigenvalue weighted by molar-refractivity contribution is 6.34. The van der Waals surface area contributed by atoms with E-state index in [0.29, 0.717) is 10.2 Å². The molecule has 0 aliphatic carbocycles. The lowest BCUT2D eigenvalue weighted by atomic mass is 10.0. The first-order chi connectivity index (χ1) is 7.59. The van der Waals surface area contributed by atoms with E-state index in [-0.39, 0.29) is 5.54 Å². The molecule has 0 bridgehead atoms. The molecule has 1 fully saturated rings. The van der Waals surface area contributed by atoms with E-state index in [2.05, 4.69) is 22.5 Å². The van der Waals surface area contributed by atoms with Crippen LogP contribution >= 0.6 is 23.2 Å². The van der Waals surface area contributed by atoms with Gasteiger partial charge in [-0.1, -0.05) is 23.2 Å². The minimum Gasteiger partial charge on any atom is -0.315 e. The van der Waals surface area contributed by atoms with Crippen molar-refractivity contribution in [2.45, 2.75) is 25.4 Å². The molecule has 1 aliphatic rings. The molecule has 0 saturated carbocycles. The summed E-state index contributed by atoms with van der Waals surface area (Å²) in [6, 6.07) is 1.68. The first-order valence-electron chi connectivity index (χ1n) is 5.35. The molecule has 2 N–H and O–H groups in total. The van der Waals surface area contributed by atoms with Crippen molar-refractivity contribution >= 4 is 23.2 Å². The van der Waals surface area contributed by atoms with Crippen molar-refractivity contribution < 1.29 is 0 Å². The Kier molecular flexibility index (Phi) is 3.70. The van der Waals surface area contributed by atoms with Gasteiger partial charge in [-0.3, -0.25) is 0 Å². The molecule has 88 valence electrons. The lowest BCUT2D eigenvalue weighted by Crippen LogP contribution is -2.43. The van der Waals surface area contributed by atoms with Crippen molar-refractivity contribution in [2.75, 3.05) is 13.1 Å². The summed E-state index contributed by atoms with van der Waals surface area (Å²) < 4.78 is 0. The molecule has 1 unspecified atom stereocenters. The number of hydrogen-bond acceptors (Lipinski definition) is 3. The monoisotopic (exact) mass is 259 g/mol. The molecule has 3 nitrogen and oxygen atoms in total. The smallest absolute Gasteiger partial charge is 0.130 e. The van der Waals surface area contributed by atoms with Gasteiger partial charge >= 0.3 is 0 Å². The van der Waals surface area contributed by atoms with Crippen molar-refractivity contribution in [1.29, 1.82) is 0 Å². The van der Waals surface area contributed by atoms with Crippen LogP contribution in [0.5, 0.6) is 0 Å². The third-order valence-electron chi connectivity index (χ3n) is 2.97. The molecule has 0 amide bonds. The van der Waals surface area contributed by atoms with Gasteiger partial charge in [-0.2, -0.15) is 0 Å². The van der Waals surface area contributed by atoms with Crippen LogP contribution < -0.4 is 10.6 Å². The van der Waals surface area contributed by atoms with Crippen LogP contribution in [0.25, 0.3) is 0 Å². The highest BCUT2D eigenvalue weighted by atomic mass is 35.5. The lowest BCUT2D eigenvalue weighted by molar-refractivity contribution is 0.385. The molecule has 1 aliphatic heterocycles. The summed E-state index contributed by atoms with van der Waals surface area (Å²) >= 11 is 11.8. The molecule has 2 heterocycles. The molecule has 1 saturated heterocycles. The Balaban J connectivity index is 1.99. The van der Waals surface area contributed by atoms with Crippen LogP contribution in [-0.4, -0.2) is 23.6 Å². The Labute approximate surface area is 106 Å². The van der Waals surface area contributed by atoms with Gasteiger partial charge in [0, 0.05) is 35.4 Å². The Morgan fingerprint density at radius 3 is 3.00 bits per heavy atom. The Morgan fingerprint density at radius 1 is 1.56 bits per heavy atom. The second kappa shape index (κ2) is 4.88. The largest absolute Gasteiger partial charge is 0.315 e. The van der Waals surface area contributed by atoms with E-state index in [1.807, 2.05) is 0 Å². The average molecular weight is 260 g/mol. The second-order valence-corrected chi connectivity index (χ2v) is 5.23. The molecule has 16 heavy (non-hydrogen) atoms. The molecular formula is C11H15Cl2N3. The van der Waals surface area contributed by atoms with Crippen LogP contribution in [0, 0.1) is 0 Å². The van der Waals surface area contributed by atoms with Gasteiger partial charge in [0.15, 0.2) is 0 Å². The maximum atomic E-state index is 6.08. The Hall–Kier alpha value is -0.350. The maximum Gasteiger partial charge on any atom is 0.130 e. The third kappa shape index (κ3) is 2.86. The minimum absolute atomic E-state index is 0.156. The summed E-state index contributed by atoms with van der Waals surface area (Å²) in [5, 5.41) is 7.95. The molecule has 0 radical (unpaired) electrons. The standard InChI is InChI=1S/C11H15Cl2N3/c1-11(2-3-14-7-11)16-6-8-5-15-10(13)4-9(8)12/h4-5,14,16H,2-3,6-7H2,1H3. The summed E-state index contributed by atoms with van der Waals surface area (Å²) in [6.45, 7) is 4.99. The SMILES string of the molecule is CC1(NCc2cnc(Cl)cc2Cl)CCNC1. The fraction of sp³-hybridized carbons (Fsp3) is 0.545. The number of nitrogens with one attached hydrogen (secondary N) is 2. The fourth-order valence-electron chi connectivity index (χ4n) is 1.84. The van der Waals surface area contributed by atoms with Crippen LogP contribution in [0.3, 0.4) is 0 Å². The Morgan fingerprint density at radius 2 is 2.38 bits per heavy atom. The molecule has 1 atom stereocenters. The van der Waals surface area contributed by atoms with Crippen LogP contribution in [0.4, 0.5) is 0 Å². The first kappa shape index (κ1) is 12.1. The number of halogens is 2. The Bertz CT molecular complexity index is 375. The van der Waals surface area contributed by atoms with Crippen LogP contribution in [0.2, 0.25) is 10.2 Å². The van der Waals surface area contributed by atoms with Gasteiger partial charge in [-0.05, 0) is 26.0 Å². The molecule has 5 heteroatoms. The van der Waals surface area contributed by atoms with Crippen molar-refractivity contribution in [3.63, 3.8) is 0 Å². The molecular weight excluding hydrogens is 245 g/mol. The summed E-state index contributed by atoms with van der Waals surface area (Å²) in [7, 11) is 0. The van der Waals surface area contributed by atoms with Crippen LogP contribution in [0.15, 0.2) is 12.3 Å². The summed E-state index contributed by atoms with van der Waals surface area (Å²) in [5.41, 5.74) is 1.14. The fourth-order valence-corrected chi connectivity index (χ4v) is 2.28. The summed E-state index contributed by atoms with van der Waals surface area (Å²) in [5.74, 6) is 0. The number of aromatic nitrogens is 1. The number of rotatable bonds is 3. The zero-order chi connectivity index (χ0) is 11.6. The van der Waals surface area contributed by atoms with Gasteiger partial charge < -0.3 is 10.6 Å². The summed E-state index contributed by atoms with van der Waals surface area (Å²) in [4.78, 5) is 4.03. The van der Waals surface area contributed by atoms with Crippen LogP contribution in [-0.2, 0) is 6.54 Å². The predicted molar refractivity (Wildman–Crippen MR) is 67.0 cm³/mol. The van der Waals surface area contributed by atoms with E-state index < -0.39 is 0 Å². The molecule has 1 aromatic rings. The van der Waals surface area contributed by atoms with E-state index in [1.165, 1.54) is 0 Å². The van der Waals surface area contributed by atoms with E-state index in [9.17, 15) is 0 Å². The van der Waals surface area contributed by atoms with Crippen molar-refractivity contribution in [1.82, 2.24) is 15.6 Å². The van der Waals surface area contributed by atoms with Gasteiger partial charge in [0.25, 0.3) is 0 Å². The highest BCUT2D eigenvalue weighted by Gasteiger charge is 2.27. The van der Waals surface area contributed by atoms with Gasteiger partial charge in [-0.25, -0.2) is 4.98 Å². The molecule has 2 rings (SSSR count). The lowest BCUT2D eigenvalue weighted by Gasteiger charge is -2.24. The number of nitrogens with zero attached hydrogens (tertiary/aromatic N) is 1. The quantitative estimate of drug-likeness (QED) is 0.818. The third-order valence-corrected chi connectivity index (χ3v) is 3.53. The zero-order valence-electron chi connectivity index (χ0n) is 9.19. The summed E-state index contributed by atoms with van der Waals surface area (Å²) in [6.07, 6.45) is 2.86. The van der Waals surface area contributed by atoms with Gasteiger partial charge in [-0.15, -0.1) is 0 Å². The first-order valence-corrected chi connectivity index (χ1v) is 6.10.